The maximum absolute atomic E-state index is 11.2. The lowest BCUT2D eigenvalue weighted by atomic mass is 9.98. The first kappa shape index (κ1) is 24.0. The molecule has 2 heteroatoms. The van der Waals surface area contributed by atoms with Crippen molar-refractivity contribution >= 4 is 5.97 Å². The van der Waals surface area contributed by atoms with E-state index in [2.05, 4.69) is 80.6 Å². The molecule has 0 fully saturated rings. The molecule has 0 unspecified atom stereocenters. The van der Waals surface area contributed by atoms with Crippen LogP contribution in [0.2, 0.25) is 0 Å². The third-order valence-corrected chi connectivity index (χ3v) is 5.56. The van der Waals surface area contributed by atoms with Gasteiger partial charge in [-0.3, -0.25) is 0 Å². The second kappa shape index (κ2) is 12.4. The molecule has 1 N–H and O–H groups in total. The summed E-state index contributed by atoms with van der Waals surface area (Å²) in [6, 6.07) is 34.6. The molecule has 0 spiro atoms. The van der Waals surface area contributed by atoms with Gasteiger partial charge in [0.2, 0.25) is 0 Å². The van der Waals surface area contributed by atoms with Crippen LogP contribution in [0.4, 0.5) is 0 Å². The number of aromatic carboxylic acids is 1. The van der Waals surface area contributed by atoms with E-state index in [-0.39, 0.29) is 0 Å². The average molecular weight is 437 g/mol. The average Bonchev–Trinajstić information content (AvgIpc) is 2.86. The highest BCUT2D eigenvalue weighted by molar-refractivity contribution is 5.95. The number of aryl methyl sites for hydroxylation is 2. The van der Waals surface area contributed by atoms with Crippen LogP contribution in [0.25, 0.3) is 22.3 Å². The summed E-state index contributed by atoms with van der Waals surface area (Å²) in [6.45, 7) is 4.36. The second-order valence-electron chi connectivity index (χ2n) is 8.11. The number of benzene rings is 4. The first-order valence-electron chi connectivity index (χ1n) is 11.7. The summed E-state index contributed by atoms with van der Waals surface area (Å²) in [5.74, 6) is -0.886. The molecule has 2 nitrogen and oxygen atoms in total. The van der Waals surface area contributed by atoms with Crippen molar-refractivity contribution in [2.24, 2.45) is 0 Å². The zero-order valence-electron chi connectivity index (χ0n) is 19.5. The molecule has 0 saturated carbocycles. The van der Waals surface area contributed by atoms with Gasteiger partial charge >= 0.3 is 5.97 Å². The molecule has 0 radical (unpaired) electrons. The van der Waals surface area contributed by atoms with Gasteiger partial charge in [0.1, 0.15) is 0 Å². The van der Waals surface area contributed by atoms with Crippen LogP contribution in [-0.4, -0.2) is 11.1 Å². The van der Waals surface area contributed by atoms with Gasteiger partial charge in [0.25, 0.3) is 0 Å². The minimum absolute atomic E-state index is 0.348. The molecular formula is C31H32O2. The predicted molar refractivity (Wildman–Crippen MR) is 139 cm³/mol. The second-order valence-corrected chi connectivity index (χ2v) is 8.11. The van der Waals surface area contributed by atoms with Crippen molar-refractivity contribution in [3.8, 4) is 22.3 Å². The van der Waals surface area contributed by atoms with E-state index in [1.165, 1.54) is 35.1 Å². The number of carboxylic acid groups (broad SMARTS) is 1. The fourth-order valence-electron chi connectivity index (χ4n) is 3.84. The van der Waals surface area contributed by atoms with Crippen LogP contribution < -0.4 is 0 Å². The van der Waals surface area contributed by atoms with Crippen LogP contribution >= 0.6 is 0 Å². The van der Waals surface area contributed by atoms with Gasteiger partial charge in [0.15, 0.2) is 0 Å². The van der Waals surface area contributed by atoms with Crippen LogP contribution in [0.5, 0.6) is 0 Å². The van der Waals surface area contributed by atoms with Gasteiger partial charge in [0.05, 0.1) is 5.56 Å². The van der Waals surface area contributed by atoms with Gasteiger partial charge < -0.3 is 5.11 Å². The van der Waals surface area contributed by atoms with E-state index in [1.807, 2.05) is 24.3 Å². The van der Waals surface area contributed by atoms with E-state index in [9.17, 15) is 4.79 Å². The lowest BCUT2D eigenvalue weighted by molar-refractivity contribution is 0.0697. The van der Waals surface area contributed by atoms with Gasteiger partial charge in [-0.15, -0.1) is 0 Å². The Balaban J connectivity index is 0.000000189. The molecule has 0 aliphatic heterocycles. The molecule has 0 aliphatic rings. The van der Waals surface area contributed by atoms with Crippen molar-refractivity contribution in [3.63, 3.8) is 0 Å². The molecule has 0 aliphatic carbocycles. The Morgan fingerprint density at radius 3 is 1.55 bits per heavy atom. The lowest BCUT2D eigenvalue weighted by Gasteiger charge is -2.07. The van der Waals surface area contributed by atoms with Gasteiger partial charge in [-0.25, -0.2) is 4.79 Å². The standard InChI is InChI=1S/C16H16O2.C15H16/c1-2-5-12-8-10-13(11-9-12)14-6-3-4-7-15(14)16(17)18;1-2-6-13-9-11-15(12-10-13)14-7-4-3-5-8-14/h3-4,6-11H,2,5H2,1H3,(H,17,18);3-5,7-12H,2,6H2,1H3. The monoisotopic (exact) mass is 436 g/mol. The molecule has 0 atom stereocenters. The molecule has 0 aromatic heterocycles. The zero-order valence-corrected chi connectivity index (χ0v) is 19.5. The fraction of sp³-hybridized carbons (Fsp3) is 0.194. The smallest absolute Gasteiger partial charge is 0.336 e. The van der Waals surface area contributed by atoms with Gasteiger partial charge in [0, 0.05) is 0 Å². The van der Waals surface area contributed by atoms with Crippen molar-refractivity contribution in [3.05, 3.63) is 120 Å². The maximum Gasteiger partial charge on any atom is 0.336 e. The van der Waals surface area contributed by atoms with Gasteiger partial charge in [-0.1, -0.05) is 124 Å². The molecule has 4 aromatic carbocycles. The van der Waals surface area contributed by atoms with Crippen LogP contribution in [0.3, 0.4) is 0 Å². The highest BCUT2D eigenvalue weighted by atomic mass is 16.4. The number of rotatable bonds is 7. The van der Waals surface area contributed by atoms with Crippen LogP contribution in [-0.2, 0) is 12.8 Å². The third kappa shape index (κ3) is 6.92. The summed E-state index contributed by atoms with van der Waals surface area (Å²) in [7, 11) is 0. The molecule has 4 rings (SSSR count). The normalized spacial score (nSPS) is 10.2. The number of carboxylic acids is 1. The Morgan fingerprint density at radius 1 is 0.576 bits per heavy atom. The molecule has 168 valence electrons. The van der Waals surface area contributed by atoms with Crippen molar-refractivity contribution in [2.75, 3.05) is 0 Å². The van der Waals surface area contributed by atoms with Crippen LogP contribution in [0.1, 0.15) is 48.2 Å². The molecule has 0 saturated heterocycles. The summed E-state index contributed by atoms with van der Waals surface area (Å²) >= 11 is 0. The van der Waals surface area contributed by atoms with E-state index in [1.54, 1.807) is 12.1 Å². The van der Waals surface area contributed by atoms with Crippen molar-refractivity contribution < 1.29 is 9.90 Å². The van der Waals surface area contributed by atoms with E-state index in [4.69, 9.17) is 5.11 Å². The van der Waals surface area contributed by atoms with E-state index in [0.29, 0.717) is 5.56 Å². The highest BCUT2D eigenvalue weighted by Crippen LogP contribution is 2.24. The van der Waals surface area contributed by atoms with Gasteiger partial charge in [-0.2, -0.15) is 0 Å². The minimum atomic E-state index is -0.886. The quantitative estimate of drug-likeness (QED) is 0.316. The van der Waals surface area contributed by atoms with E-state index in [0.717, 1.165) is 24.0 Å². The van der Waals surface area contributed by atoms with Gasteiger partial charge in [-0.05, 0) is 52.3 Å². The maximum atomic E-state index is 11.2. The Kier molecular flexibility index (Phi) is 9.02. The first-order chi connectivity index (χ1) is 16.1. The highest BCUT2D eigenvalue weighted by Gasteiger charge is 2.10. The summed E-state index contributed by atoms with van der Waals surface area (Å²) in [6.07, 6.45) is 4.56. The Labute approximate surface area is 197 Å². The number of hydrogen-bond donors (Lipinski definition) is 1. The molecular weight excluding hydrogens is 404 g/mol. The van der Waals surface area contributed by atoms with Crippen molar-refractivity contribution in [1.29, 1.82) is 0 Å². The number of hydrogen-bond acceptors (Lipinski definition) is 1. The topological polar surface area (TPSA) is 37.3 Å². The van der Waals surface area contributed by atoms with Crippen LogP contribution in [0, 0.1) is 0 Å². The molecule has 33 heavy (non-hydrogen) atoms. The Morgan fingerprint density at radius 2 is 1.03 bits per heavy atom. The van der Waals surface area contributed by atoms with Crippen LogP contribution in [0.15, 0.2) is 103 Å². The van der Waals surface area contributed by atoms with Crippen molar-refractivity contribution in [1.82, 2.24) is 0 Å². The minimum Gasteiger partial charge on any atom is -0.478 e. The zero-order chi connectivity index (χ0) is 23.5. The molecule has 4 aromatic rings. The lowest BCUT2D eigenvalue weighted by Crippen LogP contribution is -1.99. The predicted octanol–water partition coefficient (Wildman–Crippen LogP) is 8.31. The molecule has 0 amide bonds. The number of carbonyl (C=O) groups is 1. The van der Waals surface area contributed by atoms with E-state index >= 15 is 0 Å². The first-order valence-corrected chi connectivity index (χ1v) is 11.7. The summed E-state index contributed by atoms with van der Waals surface area (Å²) in [5, 5.41) is 9.17. The Bertz CT molecular complexity index is 1130. The van der Waals surface area contributed by atoms with E-state index < -0.39 is 5.97 Å². The SMILES string of the molecule is CCCc1ccc(-c2ccccc2)cc1.CCCc1ccc(-c2ccccc2C(=O)O)cc1. The summed E-state index contributed by atoms with van der Waals surface area (Å²) < 4.78 is 0. The molecule has 0 bridgehead atoms. The fourth-order valence-corrected chi connectivity index (χ4v) is 3.84. The largest absolute Gasteiger partial charge is 0.478 e. The molecule has 0 heterocycles. The third-order valence-electron chi connectivity index (χ3n) is 5.56. The van der Waals surface area contributed by atoms with Crippen molar-refractivity contribution in [2.45, 2.75) is 39.5 Å². The summed E-state index contributed by atoms with van der Waals surface area (Å²) in [5.41, 5.74) is 7.38. The Hall–Kier alpha value is -3.65. The summed E-state index contributed by atoms with van der Waals surface area (Å²) in [4.78, 5) is 11.2.